The number of hydrogen-bond acceptors (Lipinski definition) is 2. The van der Waals surface area contributed by atoms with Crippen LogP contribution in [0.4, 0.5) is 8.78 Å². The highest BCUT2D eigenvalue weighted by Crippen LogP contribution is 2.16. The third kappa shape index (κ3) is 3.84. The Morgan fingerprint density at radius 2 is 1.90 bits per heavy atom. The molecule has 1 heterocycles. The van der Waals surface area contributed by atoms with E-state index < -0.39 is 11.6 Å². The van der Waals surface area contributed by atoms with Gasteiger partial charge in [-0.15, -0.1) is 0 Å². The quantitative estimate of drug-likeness (QED) is 0.877. The van der Waals surface area contributed by atoms with Gasteiger partial charge in [0.25, 0.3) is 0 Å². The second-order valence-corrected chi connectivity index (χ2v) is 4.79. The first-order valence-corrected chi connectivity index (χ1v) is 6.69. The molecular weight excluding hydrogens is 258 g/mol. The molecule has 1 N–H and O–H groups in total. The van der Waals surface area contributed by atoms with Gasteiger partial charge in [0.15, 0.2) is 0 Å². The number of nitrogens with zero attached hydrogens (tertiary/aromatic N) is 1. The minimum Gasteiger partial charge on any atom is -0.317 e. The maximum atomic E-state index is 13.6. The summed E-state index contributed by atoms with van der Waals surface area (Å²) in [5.41, 5.74) is 1.28. The Morgan fingerprint density at radius 3 is 2.50 bits per heavy atom. The summed E-state index contributed by atoms with van der Waals surface area (Å²) in [7, 11) is 1.81. The van der Waals surface area contributed by atoms with Gasteiger partial charge in [-0.1, -0.05) is 12.1 Å². The van der Waals surface area contributed by atoms with Crippen LogP contribution in [0.1, 0.15) is 17.5 Å². The van der Waals surface area contributed by atoms with E-state index in [0.29, 0.717) is 6.42 Å². The first kappa shape index (κ1) is 14.6. The molecule has 0 saturated heterocycles. The molecule has 2 nitrogen and oxygen atoms in total. The molecule has 0 aliphatic rings. The van der Waals surface area contributed by atoms with Gasteiger partial charge in [0.05, 0.1) is 0 Å². The van der Waals surface area contributed by atoms with Gasteiger partial charge < -0.3 is 5.32 Å². The number of aromatic nitrogens is 1. The van der Waals surface area contributed by atoms with Crippen molar-refractivity contribution in [2.75, 3.05) is 7.05 Å². The molecule has 1 atom stereocenters. The van der Waals surface area contributed by atoms with Crippen LogP contribution in [-0.2, 0) is 12.8 Å². The van der Waals surface area contributed by atoms with E-state index in [4.69, 9.17) is 0 Å². The van der Waals surface area contributed by atoms with Crippen LogP contribution in [0, 0.1) is 11.6 Å². The molecular formula is C16H18F2N2. The number of aryl methyl sites for hydroxylation is 1. The fourth-order valence-corrected chi connectivity index (χ4v) is 2.21. The lowest BCUT2D eigenvalue weighted by Gasteiger charge is -2.17. The predicted octanol–water partition coefficient (Wildman–Crippen LogP) is 3.12. The van der Waals surface area contributed by atoms with Crippen LogP contribution in [0.3, 0.4) is 0 Å². The summed E-state index contributed by atoms with van der Waals surface area (Å²) < 4.78 is 27.3. The first-order chi connectivity index (χ1) is 9.70. The number of benzene rings is 1. The molecule has 2 rings (SSSR count). The smallest absolute Gasteiger partial charge is 0.129 e. The summed E-state index contributed by atoms with van der Waals surface area (Å²) in [4.78, 5) is 4.06. The molecule has 1 unspecified atom stereocenters. The van der Waals surface area contributed by atoms with Gasteiger partial charge in [0.1, 0.15) is 11.6 Å². The van der Waals surface area contributed by atoms with Gasteiger partial charge in [-0.25, -0.2) is 8.78 Å². The Kier molecular flexibility index (Phi) is 5.18. The number of halogens is 2. The van der Waals surface area contributed by atoms with Crippen LogP contribution >= 0.6 is 0 Å². The highest BCUT2D eigenvalue weighted by atomic mass is 19.1. The molecule has 0 saturated carbocycles. The van der Waals surface area contributed by atoms with E-state index in [9.17, 15) is 8.78 Å². The topological polar surface area (TPSA) is 24.9 Å². The largest absolute Gasteiger partial charge is 0.317 e. The third-order valence-electron chi connectivity index (χ3n) is 3.42. The molecule has 2 aromatic rings. The Balaban J connectivity index is 1.99. The average Bonchev–Trinajstić information content (AvgIpc) is 2.47. The van der Waals surface area contributed by atoms with Gasteiger partial charge >= 0.3 is 0 Å². The highest BCUT2D eigenvalue weighted by molar-refractivity contribution is 5.21. The Morgan fingerprint density at radius 1 is 1.15 bits per heavy atom. The van der Waals surface area contributed by atoms with Crippen LogP contribution in [0.25, 0.3) is 0 Å². The van der Waals surface area contributed by atoms with Crippen molar-refractivity contribution in [3.8, 4) is 0 Å². The van der Waals surface area contributed by atoms with Crippen molar-refractivity contribution in [1.29, 1.82) is 0 Å². The number of likely N-dealkylation sites (N-methyl/N-ethyl adjacent to an activating group) is 1. The molecule has 0 amide bonds. The maximum absolute atomic E-state index is 13.6. The molecule has 1 aromatic carbocycles. The van der Waals surface area contributed by atoms with Crippen molar-refractivity contribution in [1.82, 2.24) is 10.3 Å². The summed E-state index contributed by atoms with van der Waals surface area (Å²) in [6.45, 7) is 0. The van der Waals surface area contributed by atoms with Crippen LogP contribution in [-0.4, -0.2) is 18.1 Å². The summed E-state index contributed by atoms with van der Waals surface area (Å²) in [5.74, 6) is -0.960. The fraction of sp³-hybridized carbons (Fsp3) is 0.312. The molecule has 1 aromatic heterocycles. The summed E-state index contributed by atoms with van der Waals surface area (Å²) in [6, 6.07) is 7.90. The number of rotatable bonds is 6. The van der Waals surface area contributed by atoms with Crippen molar-refractivity contribution in [2.24, 2.45) is 0 Å². The van der Waals surface area contributed by atoms with Gasteiger partial charge in [0.2, 0.25) is 0 Å². The molecule has 0 bridgehead atoms. The zero-order chi connectivity index (χ0) is 14.4. The lowest BCUT2D eigenvalue weighted by molar-refractivity contribution is 0.483. The van der Waals surface area contributed by atoms with E-state index in [0.717, 1.165) is 18.4 Å². The molecule has 0 spiro atoms. The van der Waals surface area contributed by atoms with E-state index in [1.807, 2.05) is 25.4 Å². The molecule has 0 aliphatic heterocycles. The normalized spacial score (nSPS) is 12.3. The Bertz CT molecular complexity index is 523. The van der Waals surface area contributed by atoms with Crippen LogP contribution in [0.15, 0.2) is 42.7 Å². The highest BCUT2D eigenvalue weighted by Gasteiger charge is 2.14. The van der Waals surface area contributed by atoms with E-state index in [-0.39, 0.29) is 11.6 Å². The van der Waals surface area contributed by atoms with Crippen molar-refractivity contribution >= 4 is 0 Å². The number of pyridine rings is 1. The van der Waals surface area contributed by atoms with Gasteiger partial charge in [0, 0.05) is 24.0 Å². The number of hydrogen-bond donors (Lipinski definition) is 1. The zero-order valence-electron chi connectivity index (χ0n) is 11.4. The molecule has 0 radical (unpaired) electrons. The predicted molar refractivity (Wildman–Crippen MR) is 75.5 cm³/mol. The molecule has 4 heteroatoms. The van der Waals surface area contributed by atoms with Gasteiger partial charge in [-0.2, -0.15) is 0 Å². The Hall–Kier alpha value is -1.81. The minimum absolute atomic E-state index is 0.0293. The van der Waals surface area contributed by atoms with Gasteiger partial charge in [-0.05, 0) is 50.1 Å². The third-order valence-corrected chi connectivity index (χ3v) is 3.42. The minimum atomic E-state index is -0.480. The molecule has 0 fully saturated rings. The molecule has 106 valence electrons. The number of nitrogens with one attached hydrogen (secondary N) is 1. The molecule has 20 heavy (non-hydrogen) atoms. The summed E-state index contributed by atoms with van der Waals surface area (Å²) in [5, 5.41) is 3.12. The monoisotopic (exact) mass is 276 g/mol. The van der Waals surface area contributed by atoms with Crippen molar-refractivity contribution < 1.29 is 8.78 Å². The lowest BCUT2D eigenvalue weighted by Crippen LogP contribution is -2.29. The van der Waals surface area contributed by atoms with E-state index >= 15 is 0 Å². The van der Waals surface area contributed by atoms with Crippen LogP contribution < -0.4 is 5.32 Å². The standard InChI is InChI=1S/C16H18F2N2/c1-19-13(8-7-12-4-3-9-20-11-12)10-14-15(17)5-2-6-16(14)18/h2-6,9,11,13,19H,7-8,10H2,1H3. The first-order valence-electron chi connectivity index (χ1n) is 6.69. The fourth-order valence-electron chi connectivity index (χ4n) is 2.21. The van der Waals surface area contributed by atoms with Crippen LogP contribution in [0.5, 0.6) is 0 Å². The average molecular weight is 276 g/mol. The van der Waals surface area contributed by atoms with Crippen LogP contribution in [0.2, 0.25) is 0 Å². The van der Waals surface area contributed by atoms with E-state index in [2.05, 4.69) is 10.3 Å². The second kappa shape index (κ2) is 7.10. The summed E-state index contributed by atoms with van der Waals surface area (Å²) >= 11 is 0. The van der Waals surface area contributed by atoms with Crippen molar-refractivity contribution in [3.63, 3.8) is 0 Å². The van der Waals surface area contributed by atoms with Gasteiger partial charge in [-0.3, -0.25) is 4.98 Å². The van der Waals surface area contributed by atoms with E-state index in [1.165, 1.54) is 18.2 Å². The summed E-state index contributed by atoms with van der Waals surface area (Å²) in [6.07, 6.45) is 5.52. The van der Waals surface area contributed by atoms with Crippen molar-refractivity contribution in [2.45, 2.75) is 25.3 Å². The van der Waals surface area contributed by atoms with E-state index in [1.54, 1.807) is 6.20 Å². The zero-order valence-corrected chi connectivity index (χ0v) is 11.4. The SMILES string of the molecule is CNC(CCc1cccnc1)Cc1c(F)cccc1F. The molecule has 0 aliphatic carbocycles. The second-order valence-electron chi connectivity index (χ2n) is 4.79. The maximum Gasteiger partial charge on any atom is 0.129 e. The lowest BCUT2D eigenvalue weighted by atomic mass is 9.99. The van der Waals surface area contributed by atoms with Crippen molar-refractivity contribution in [3.05, 3.63) is 65.5 Å². The Labute approximate surface area is 117 Å².